The zero-order valence-corrected chi connectivity index (χ0v) is 12.2. The van der Waals surface area contributed by atoms with Crippen LogP contribution < -0.4 is 5.32 Å². The smallest absolute Gasteiger partial charge is 0.0958 e. The fourth-order valence-electron chi connectivity index (χ4n) is 3.18. The first-order chi connectivity index (χ1) is 9.65. The molecule has 3 rings (SSSR count). The van der Waals surface area contributed by atoms with Crippen LogP contribution >= 0.6 is 0 Å². The van der Waals surface area contributed by atoms with E-state index < -0.39 is 6.10 Å². The summed E-state index contributed by atoms with van der Waals surface area (Å²) in [5.41, 5.74) is 4.38. The fraction of sp³-hybridized carbons (Fsp3) is 0.471. The van der Waals surface area contributed by atoms with Gasteiger partial charge in [-0.3, -0.25) is 4.98 Å². The summed E-state index contributed by atoms with van der Waals surface area (Å²) in [6.45, 7) is 5.18. The average molecular weight is 270 g/mol. The minimum atomic E-state index is -0.465. The largest absolute Gasteiger partial charge is 0.387 e. The lowest BCUT2D eigenvalue weighted by Crippen LogP contribution is -2.38. The molecular weight excluding hydrogens is 248 g/mol. The van der Waals surface area contributed by atoms with E-state index in [0.717, 1.165) is 29.4 Å². The molecule has 0 aliphatic carbocycles. The van der Waals surface area contributed by atoms with Gasteiger partial charge in [-0.25, -0.2) is 0 Å². The summed E-state index contributed by atoms with van der Waals surface area (Å²) in [5.74, 6) is 0. The minimum Gasteiger partial charge on any atom is -0.387 e. The summed E-state index contributed by atoms with van der Waals surface area (Å²) in [6.07, 6.45) is 4.79. The van der Waals surface area contributed by atoms with Crippen molar-refractivity contribution >= 4 is 10.9 Å². The van der Waals surface area contributed by atoms with Crippen LogP contribution in [0.25, 0.3) is 10.9 Å². The highest BCUT2D eigenvalue weighted by Gasteiger charge is 2.23. The number of fused-ring (bicyclic) bond motifs is 1. The number of nitrogens with zero attached hydrogens (tertiary/aromatic N) is 1. The monoisotopic (exact) mass is 270 g/mol. The Morgan fingerprint density at radius 1 is 1.25 bits per heavy atom. The van der Waals surface area contributed by atoms with Gasteiger partial charge in [-0.2, -0.15) is 0 Å². The molecular formula is C17H22N2O. The third-order valence-electron chi connectivity index (χ3n) is 4.21. The second-order valence-corrected chi connectivity index (χ2v) is 5.92. The molecule has 2 heterocycles. The molecule has 1 aromatic heterocycles. The molecule has 106 valence electrons. The van der Waals surface area contributed by atoms with Crippen LogP contribution in [0.1, 0.15) is 42.1 Å². The number of piperidine rings is 1. The third kappa shape index (κ3) is 2.56. The van der Waals surface area contributed by atoms with Crippen LogP contribution in [0.4, 0.5) is 0 Å². The SMILES string of the molecule is Cc1cc(C)c2ncc(C(O)C3CCCCN3)cc2c1. The van der Waals surface area contributed by atoms with Crippen LogP contribution in [0.2, 0.25) is 0 Å². The molecule has 1 aliphatic rings. The quantitative estimate of drug-likeness (QED) is 0.881. The van der Waals surface area contributed by atoms with Crippen molar-refractivity contribution < 1.29 is 5.11 Å². The number of aliphatic hydroxyl groups excluding tert-OH is 1. The summed E-state index contributed by atoms with van der Waals surface area (Å²) < 4.78 is 0. The van der Waals surface area contributed by atoms with Gasteiger partial charge in [0.05, 0.1) is 11.6 Å². The standard InChI is InChI=1S/C17H22N2O/c1-11-7-12(2)16-13(8-11)9-14(10-19-16)17(20)15-5-3-4-6-18-15/h7-10,15,17-18,20H,3-6H2,1-2H3. The van der Waals surface area contributed by atoms with Crippen molar-refractivity contribution in [3.63, 3.8) is 0 Å². The molecule has 0 bridgehead atoms. The highest BCUT2D eigenvalue weighted by atomic mass is 16.3. The van der Waals surface area contributed by atoms with E-state index in [9.17, 15) is 5.11 Å². The normalized spacial score (nSPS) is 21.1. The second-order valence-electron chi connectivity index (χ2n) is 5.92. The number of rotatable bonds is 2. The molecule has 3 nitrogen and oxygen atoms in total. The topological polar surface area (TPSA) is 45.2 Å². The predicted octanol–water partition coefficient (Wildman–Crippen LogP) is 3.03. The number of aliphatic hydroxyl groups is 1. The Morgan fingerprint density at radius 2 is 2.10 bits per heavy atom. The van der Waals surface area contributed by atoms with Gasteiger partial charge >= 0.3 is 0 Å². The predicted molar refractivity (Wildman–Crippen MR) is 81.8 cm³/mol. The van der Waals surface area contributed by atoms with Crippen LogP contribution in [-0.2, 0) is 0 Å². The molecule has 2 atom stereocenters. The highest BCUT2D eigenvalue weighted by Crippen LogP contribution is 2.26. The van der Waals surface area contributed by atoms with E-state index in [4.69, 9.17) is 0 Å². The number of aromatic nitrogens is 1. The van der Waals surface area contributed by atoms with Gasteiger partial charge < -0.3 is 10.4 Å². The minimum absolute atomic E-state index is 0.161. The maximum Gasteiger partial charge on any atom is 0.0958 e. The van der Waals surface area contributed by atoms with Crippen LogP contribution in [0, 0.1) is 13.8 Å². The van der Waals surface area contributed by atoms with Gasteiger partial charge in [-0.05, 0) is 50.9 Å². The van der Waals surface area contributed by atoms with E-state index in [2.05, 4.69) is 42.3 Å². The molecule has 1 aliphatic heterocycles. The number of benzene rings is 1. The van der Waals surface area contributed by atoms with Gasteiger partial charge in [0.15, 0.2) is 0 Å². The lowest BCUT2D eigenvalue weighted by molar-refractivity contribution is 0.113. The Bertz CT molecular complexity index is 618. The van der Waals surface area contributed by atoms with E-state index in [1.807, 2.05) is 6.20 Å². The first-order valence-electron chi connectivity index (χ1n) is 7.43. The molecule has 20 heavy (non-hydrogen) atoms. The number of hydrogen-bond donors (Lipinski definition) is 2. The van der Waals surface area contributed by atoms with Gasteiger partial charge in [0.25, 0.3) is 0 Å². The van der Waals surface area contributed by atoms with E-state index in [1.54, 1.807) is 0 Å². The van der Waals surface area contributed by atoms with Gasteiger partial charge in [-0.1, -0.05) is 18.1 Å². The number of hydrogen-bond acceptors (Lipinski definition) is 3. The molecule has 0 radical (unpaired) electrons. The van der Waals surface area contributed by atoms with E-state index in [1.165, 1.54) is 24.0 Å². The summed E-state index contributed by atoms with van der Waals surface area (Å²) in [4.78, 5) is 4.55. The molecule has 2 N–H and O–H groups in total. The molecule has 0 spiro atoms. The maximum absolute atomic E-state index is 10.5. The lowest BCUT2D eigenvalue weighted by Gasteiger charge is -2.28. The van der Waals surface area contributed by atoms with Crippen LogP contribution in [0.3, 0.4) is 0 Å². The van der Waals surface area contributed by atoms with E-state index in [0.29, 0.717) is 0 Å². The second kappa shape index (κ2) is 5.51. The van der Waals surface area contributed by atoms with Crippen molar-refractivity contribution in [3.05, 3.63) is 41.1 Å². The zero-order valence-electron chi connectivity index (χ0n) is 12.2. The molecule has 1 saturated heterocycles. The Kier molecular flexibility index (Phi) is 3.72. The molecule has 1 aromatic carbocycles. The molecule has 2 aromatic rings. The van der Waals surface area contributed by atoms with Crippen molar-refractivity contribution in [2.24, 2.45) is 0 Å². The van der Waals surface area contributed by atoms with Crippen molar-refractivity contribution in [2.75, 3.05) is 6.54 Å². The maximum atomic E-state index is 10.5. The summed E-state index contributed by atoms with van der Waals surface area (Å²) >= 11 is 0. The molecule has 1 fully saturated rings. The molecule has 2 unspecified atom stereocenters. The van der Waals surface area contributed by atoms with E-state index in [-0.39, 0.29) is 6.04 Å². The fourth-order valence-corrected chi connectivity index (χ4v) is 3.18. The Morgan fingerprint density at radius 3 is 2.85 bits per heavy atom. The Hall–Kier alpha value is -1.45. The summed E-state index contributed by atoms with van der Waals surface area (Å²) in [5, 5.41) is 15.1. The van der Waals surface area contributed by atoms with Crippen molar-refractivity contribution in [2.45, 2.75) is 45.3 Å². The number of pyridine rings is 1. The molecule has 3 heteroatoms. The van der Waals surface area contributed by atoms with Crippen molar-refractivity contribution in [1.82, 2.24) is 10.3 Å². The Balaban J connectivity index is 1.95. The zero-order chi connectivity index (χ0) is 14.1. The lowest BCUT2D eigenvalue weighted by atomic mass is 9.94. The number of nitrogens with one attached hydrogen (secondary N) is 1. The van der Waals surface area contributed by atoms with Gasteiger partial charge in [-0.15, -0.1) is 0 Å². The van der Waals surface area contributed by atoms with Gasteiger partial charge in [0, 0.05) is 23.2 Å². The van der Waals surface area contributed by atoms with Gasteiger partial charge in [0.2, 0.25) is 0 Å². The average Bonchev–Trinajstić information content (AvgIpc) is 2.46. The van der Waals surface area contributed by atoms with E-state index >= 15 is 0 Å². The Labute approximate surface area is 120 Å². The van der Waals surface area contributed by atoms with Crippen molar-refractivity contribution in [3.8, 4) is 0 Å². The summed E-state index contributed by atoms with van der Waals surface area (Å²) in [7, 11) is 0. The van der Waals surface area contributed by atoms with Gasteiger partial charge in [0.1, 0.15) is 0 Å². The first kappa shape index (κ1) is 13.5. The van der Waals surface area contributed by atoms with Crippen LogP contribution in [0.15, 0.2) is 24.4 Å². The van der Waals surface area contributed by atoms with Crippen molar-refractivity contribution in [1.29, 1.82) is 0 Å². The first-order valence-corrected chi connectivity index (χ1v) is 7.43. The summed E-state index contributed by atoms with van der Waals surface area (Å²) in [6, 6.07) is 6.53. The molecule has 0 amide bonds. The third-order valence-corrected chi connectivity index (χ3v) is 4.21. The molecule has 0 saturated carbocycles. The number of aryl methyl sites for hydroxylation is 2. The van der Waals surface area contributed by atoms with Crippen LogP contribution in [0.5, 0.6) is 0 Å². The van der Waals surface area contributed by atoms with Crippen LogP contribution in [-0.4, -0.2) is 22.7 Å². The highest BCUT2D eigenvalue weighted by molar-refractivity contribution is 5.82.